The smallest absolute Gasteiger partial charge is 0.420 e. The molecule has 0 spiro atoms. The van der Waals surface area contributed by atoms with Crippen LogP contribution in [0, 0.1) is 5.92 Å². The second-order valence-corrected chi connectivity index (χ2v) is 8.38. The Morgan fingerprint density at radius 2 is 1.14 bits per heavy atom. The summed E-state index contributed by atoms with van der Waals surface area (Å²) in [6.07, 6.45) is -2.73. The van der Waals surface area contributed by atoms with Gasteiger partial charge >= 0.3 is 18.2 Å². The molecule has 0 unspecified atom stereocenters. The number of carbonyl (C=O) groups is 5. The van der Waals surface area contributed by atoms with E-state index in [1.165, 1.54) is 13.8 Å². The van der Waals surface area contributed by atoms with Crippen LogP contribution in [0.4, 0.5) is 9.59 Å². The zero-order chi connectivity index (χ0) is 22.4. The first-order valence-corrected chi connectivity index (χ1v) is 8.84. The van der Waals surface area contributed by atoms with Gasteiger partial charge in [0.1, 0.15) is 28.8 Å². The van der Waals surface area contributed by atoms with E-state index in [-0.39, 0.29) is 0 Å². The number of rotatable bonds is 6. The molecule has 9 heteroatoms. The molecular weight excluding hydrogens is 370 g/mol. The molecule has 0 aliphatic heterocycles. The molecule has 0 aliphatic rings. The fourth-order valence-electron chi connectivity index (χ4n) is 2.24. The van der Waals surface area contributed by atoms with Gasteiger partial charge in [-0.1, -0.05) is 0 Å². The van der Waals surface area contributed by atoms with Crippen molar-refractivity contribution in [2.45, 2.75) is 79.1 Å². The largest absolute Gasteiger partial charge is 0.467 e. The van der Waals surface area contributed by atoms with Gasteiger partial charge in [-0.15, -0.1) is 0 Å². The molecule has 9 nitrogen and oxygen atoms in total. The first-order valence-electron chi connectivity index (χ1n) is 8.84. The van der Waals surface area contributed by atoms with Crippen LogP contribution in [0.15, 0.2) is 0 Å². The van der Waals surface area contributed by atoms with Gasteiger partial charge in [-0.25, -0.2) is 14.4 Å². The van der Waals surface area contributed by atoms with E-state index in [0.29, 0.717) is 4.90 Å². The van der Waals surface area contributed by atoms with Crippen molar-refractivity contribution in [3.63, 3.8) is 0 Å². The van der Waals surface area contributed by atoms with Crippen LogP contribution in [0.1, 0.15) is 61.8 Å². The third kappa shape index (κ3) is 8.49. The van der Waals surface area contributed by atoms with Gasteiger partial charge < -0.3 is 14.2 Å². The van der Waals surface area contributed by atoms with Crippen molar-refractivity contribution in [3.8, 4) is 0 Å². The molecule has 28 heavy (non-hydrogen) atoms. The summed E-state index contributed by atoms with van der Waals surface area (Å²) in [5.41, 5.74) is -1.95. The van der Waals surface area contributed by atoms with E-state index < -0.39 is 59.3 Å². The highest BCUT2D eigenvalue weighted by Gasteiger charge is 2.43. The van der Waals surface area contributed by atoms with Crippen LogP contribution in [0.3, 0.4) is 0 Å². The molecule has 160 valence electrons. The van der Waals surface area contributed by atoms with Gasteiger partial charge in [0, 0.05) is 0 Å². The predicted octanol–water partition coefficient (Wildman–Crippen LogP) is 2.88. The molecule has 0 N–H and O–H groups in total. The van der Waals surface area contributed by atoms with Crippen LogP contribution >= 0.6 is 0 Å². The molecule has 0 bridgehead atoms. The highest BCUT2D eigenvalue weighted by Crippen LogP contribution is 2.22. The second-order valence-electron chi connectivity index (χ2n) is 8.38. The third-order valence-electron chi connectivity index (χ3n) is 3.41. The summed E-state index contributed by atoms with van der Waals surface area (Å²) in [4.78, 5) is 61.9. The van der Waals surface area contributed by atoms with Gasteiger partial charge in [-0.3, -0.25) is 9.59 Å². The molecule has 0 aromatic carbocycles. The molecule has 0 heterocycles. The maximum absolute atomic E-state index is 12.7. The highest BCUT2D eigenvalue weighted by molar-refractivity contribution is 6.01. The van der Waals surface area contributed by atoms with Gasteiger partial charge in [-0.2, -0.15) is 4.90 Å². The number of esters is 1. The van der Waals surface area contributed by atoms with E-state index in [4.69, 9.17) is 14.2 Å². The lowest BCUT2D eigenvalue weighted by atomic mass is 9.92. The summed E-state index contributed by atoms with van der Waals surface area (Å²) in [5.74, 6) is -3.19. The zero-order valence-corrected chi connectivity index (χ0v) is 18.1. The molecule has 0 radical (unpaired) electrons. The van der Waals surface area contributed by atoms with Crippen LogP contribution in [-0.2, 0) is 28.6 Å². The monoisotopic (exact) mass is 401 g/mol. The minimum Gasteiger partial charge on any atom is -0.467 e. The van der Waals surface area contributed by atoms with E-state index in [2.05, 4.69) is 0 Å². The molecule has 0 aliphatic carbocycles. The minimum absolute atomic E-state index is 0.435. The fraction of sp³-hybridized carbons (Fsp3) is 0.737. The van der Waals surface area contributed by atoms with Crippen LogP contribution < -0.4 is 0 Å². The Kier molecular flexibility index (Phi) is 8.81. The predicted molar refractivity (Wildman–Crippen MR) is 99.6 cm³/mol. The average Bonchev–Trinajstić information content (AvgIpc) is 2.45. The van der Waals surface area contributed by atoms with Crippen LogP contribution in [-0.4, -0.2) is 59.0 Å². The number of ketones is 2. The van der Waals surface area contributed by atoms with Crippen molar-refractivity contribution in [1.29, 1.82) is 0 Å². The summed E-state index contributed by atoms with van der Waals surface area (Å²) in [7, 11) is 1.06. The Morgan fingerprint density at radius 1 is 0.786 bits per heavy atom. The van der Waals surface area contributed by atoms with Crippen molar-refractivity contribution in [3.05, 3.63) is 0 Å². The Hall–Kier alpha value is -2.45. The van der Waals surface area contributed by atoms with Crippen molar-refractivity contribution >= 4 is 29.7 Å². The second kappa shape index (κ2) is 9.66. The van der Waals surface area contributed by atoms with Crippen molar-refractivity contribution in [2.75, 3.05) is 7.11 Å². The van der Waals surface area contributed by atoms with Crippen LogP contribution in [0.25, 0.3) is 0 Å². The Labute approximate surface area is 165 Å². The van der Waals surface area contributed by atoms with E-state index >= 15 is 0 Å². The highest BCUT2D eigenvalue weighted by atomic mass is 16.6. The number of nitrogens with zero attached hydrogens (tertiary/aromatic N) is 1. The number of hydrogen-bond donors (Lipinski definition) is 0. The van der Waals surface area contributed by atoms with Gasteiger partial charge in [0.05, 0.1) is 13.0 Å². The van der Waals surface area contributed by atoms with E-state index in [1.54, 1.807) is 41.5 Å². The van der Waals surface area contributed by atoms with E-state index in [1.807, 2.05) is 0 Å². The van der Waals surface area contributed by atoms with E-state index in [0.717, 1.165) is 7.11 Å². The molecule has 0 aromatic rings. The zero-order valence-electron chi connectivity index (χ0n) is 18.1. The van der Waals surface area contributed by atoms with Gasteiger partial charge in [-0.05, 0) is 61.8 Å². The normalized spacial score (nSPS) is 12.8. The van der Waals surface area contributed by atoms with Crippen LogP contribution in [0.5, 0.6) is 0 Å². The molecule has 0 saturated heterocycles. The first kappa shape index (κ1) is 25.6. The topological polar surface area (TPSA) is 116 Å². The molecule has 0 fully saturated rings. The number of hydrogen-bond acceptors (Lipinski definition) is 8. The summed E-state index contributed by atoms with van der Waals surface area (Å²) in [5, 5.41) is 0. The minimum atomic E-state index is -1.58. The summed E-state index contributed by atoms with van der Waals surface area (Å²) in [6, 6.07) is -1.58. The number of ether oxygens (including phenoxy) is 3. The molecule has 2 amide bonds. The fourth-order valence-corrected chi connectivity index (χ4v) is 2.24. The number of Topliss-reactive ketones (excluding diaryl/α,β-unsaturated/α-hetero) is 2. The standard InChI is InChI=1S/C19H31NO8/c1-11(21)13(12(2)22)10-14(15(23)26-9)20(16(24)27-18(3,4)5)17(25)28-19(6,7)8/h13-14H,10H2,1-9H3/t14-/m0/s1. The number of carbonyl (C=O) groups excluding carboxylic acids is 5. The Bertz CT molecular complexity index is 585. The summed E-state index contributed by atoms with van der Waals surface area (Å²) in [6.45, 7) is 11.9. The maximum atomic E-state index is 12.7. The molecular formula is C19H31NO8. The lowest BCUT2D eigenvalue weighted by Crippen LogP contribution is -2.53. The van der Waals surface area contributed by atoms with Gasteiger partial charge in [0.2, 0.25) is 0 Å². The van der Waals surface area contributed by atoms with Crippen LogP contribution in [0.2, 0.25) is 0 Å². The molecule has 0 aromatic heterocycles. The lowest BCUT2D eigenvalue weighted by Gasteiger charge is -2.33. The van der Waals surface area contributed by atoms with Gasteiger partial charge in [0.15, 0.2) is 0 Å². The SMILES string of the molecule is COC(=O)[C@H](CC(C(C)=O)C(C)=O)N(C(=O)OC(C)(C)C)C(=O)OC(C)(C)C. The summed E-state index contributed by atoms with van der Waals surface area (Å²) < 4.78 is 15.1. The maximum Gasteiger partial charge on any atom is 0.420 e. The quantitative estimate of drug-likeness (QED) is 0.379. The Morgan fingerprint density at radius 3 is 1.39 bits per heavy atom. The number of methoxy groups -OCH3 is 1. The Balaban J connectivity index is 6.17. The number of imide groups is 1. The lowest BCUT2D eigenvalue weighted by molar-refractivity contribution is -0.148. The van der Waals surface area contributed by atoms with Crippen molar-refractivity contribution in [2.24, 2.45) is 5.92 Å². The van der Waals surface area contributed by atoms with Crippen molar-refractivity contribution in [1.82, 2.24) is 4.90 Å². The van der Waals surface area contributed by atoms with Gasteiger partial charge in [0.25, 0.3) is 0 Å². The third-order valence-corrected chi connectivity index (χ3v) is 3.41. The molecule has 0 saturated carbocycles. The number of amides is 2. The van der Waals surface area contributed by atoms with E-state index in [9.17, 15) is 24.0 Å². The average molecular weight is 401 g/mol. The summed E-state index contributed by atoms with van der Waals surface area (Å²) >= 11 is 0. The molecule has 0 rings (SSSR count). The van der Waals surface area contributed by atoms with Crippen molar-refractivity contribution < 1.29 is 38.2 Å². The molecule has 1 atom stereocenters. The first-order chi connectivity index (χ1) is 12.5.